The van der Waals surface area contributed by atoms with Crippen LogP contribution in [0.3, 0.4) is 0 Å². The van der Waals surface area contributed by atoms with E-state index in [1.54, 1.807) is 24.3 Å². The van der Waals surface area contributed by atoms with Crippen LogP contribution in [-0.4, -0.2) is 22.0 Å². The number of aromatic nitrogens is 2. The van der Waals surface area contributed by atoms with Crippen molar-refractivity contribution < 1.29 is 9.59 Å². The molecule has 28 heavy (non-hydrogen) atoms. The molecule has 7 nitrogen and oxygen atoms in total. The highest BCUT2D eigenvalue weighted by Crippen LogP contribution is 2.12. The minimum Gasteiger partial charge on any atom is -0.273 e. The Morgan fingerprint density at radius 3 is 2.36 bits per heavy atom. The molecule has 2 amide bonds. The molecule has 3 N–H and O–H groups in total. The van der Waals surface area contributed by atoms with Crippen LogP contribution in [0, 0.1) is 0 Å². The number of hydrazine groups is 1. The third-order valence-electron chi connectivity index (χ3n) is 4.43. The smallest absolute Gasteiger partial charge is 0.273 e. The van der Waals surface area contributed by atoms with Gasteiger partial charge in [0.15, 0.2) is 5.69 Å². The van der Waals surface area contributed by atoms with Crippen LogP contribution in [-0.2, 0) is 17.6 Å². The zero-order chi connectivity index (χ0) is 19.9. The molecule has 0 fully saturated rings. The Morgan fingerprint density at radius 1 is 0.964 bits per heavy atom. The Morgan fingerprint density at radius 2 is 1.64 bits per heavy atom. The van der Waals surface area contributed by atoms with Gasteiger partial charge in [0.1, 0.15) is 0 Å². The Hall–Kier alpha value is -3.48. The van der Waals surface area contributed by atoms with Crippen molar-refractivity contribution in [1.82, 2.24) is 21.0 Å². The molecule has 1 heterocycles. The Balaban J connectivity index is 1.60. The number of nitrogens with one attached hydrogen (secondary N) is 3. The average Bonchev–Trinajstić information content (AvgIpc) is 2.72. The van der Waals surface area contributed by atoms with E-state index in [9.17, 15) is 14.4 Å². The van der Waals surface area contributed by atoms with E-state index in [0.29, 0.717) is 10.8 Å². The molecule has 3 rings (SSSR count). The number of unbranched alkanes of at least 4 members (excludes halogenated alkanes) is 1. The number of H-pyrrole nitrogens is 1. The summed E-state index contributed by atoms with van der Waals surface area (Å²) in [6.07, 6.45) is 3.45. The third kappa shape index (κ3) is 4.62. The van der Waals surface area contributed by atoms with Crippen molar-refractivity contribution in [2.45, 2.75) is 32.6 Å². The third-order valence-corrected chi connectivity index (χ3v) is 4.43. The minimum atomic E-state index is -0.601. The lowest BCUT2D eigenvalue weighted by atomic mass is 10.0. The molecule has 0 radical (unpaired) electrons. The maximum absolute atomic E-state index is 12.4. The number of hydrogen-bond acceptors (Lipinski definition) is 4. The van der Waals surface area contributed by atoms with Crippen LogP contribution in [0.4, 0.5) is 0 Å². The Kier molecular flexibility index (Phi) is 6.16. The van der Waals surface area contributed by atoms with E-state index in [1.165, 1.54) is 5.56 Å². The van der Waals surface area contributed by atoms with Crippen molar-refractivity contribution in [2.24, 2.45) is 0 Å². The molecule has 0 saturated carbocycles. The van der Waals surface area contributed by atoms with Crippen molar-refractivity contribution in [3.05, 3.63) is 75.7 Å². The van der Waals surface area contributed by atoms with Crippen LogP contribution in [0.25, 0.3) is 10.8 Å². The molecule has 0 spiro atoms. The fourth-order valence-electron chi connectivity index (χ4n) is 2.91. The maximum atomic E-state index is 12.4. The molecule has 144 valence electrons. The Bertz CT molecular complexity index is 1040. The topological polar surface area (TPSA) is 104 Å². The predicted octanol–water partition coefficient (Wildman–Crippen LogP) is 2.27. The fraction of sp³-hybridized carbons (Fsp3) is 0.238. The second-order valence-electron chi connectivity index (χ2n) is 6.55. The molecule has 0 unspecified atom stereocenters. The lowest BCUT2D eigenvalue weighted by Gasteiger charge is -2.09. The van der Waals surface area contributed by atoms with Gasteiger partial charge in [0.2, 0.25) is 5.91 Å². The number of aryl methyl sites for hydroxylation is 1. The molecule has 1 aromatic heterocycles. The molecule has 0 aliphatic rings. The first-order valence-corrected chi connectivity index (χ1v) is 9.23. The summed E-state index contributed by atoms with van der Waals surface area (Å²) in [4.78, 5) is 36.3. The number of aromatic amines is 1. The van der Waals surface area contributed by atoms with Crippen LogP contribution in [0.2, 0.25) is 0 Å². The number of rotatable bonds is 6. The van der Waals surface area contributed by atoms with Crippen LogP contribution in [0.5, 0.6) is 0 Å². The lowest BCUT2D eigenvalue weighted by molar-refractivity contribution is -0.121. The molecule has 7 heteroatoms. The summed E-state index contributed by atoms with van der Waals surface area (Å²) in [7, 11) is 0. The second-order valence-corrected chi connectivity index (χ2v) is 6.55. The lowest BCUT2D eigenvalue weighted by Crippen LogP contribution is -2.43. The average molecular weight is 378 g/mol. The van der Waals surface area contributed by atoms with Gasteiger partial charge in [-0.15, -0.1) is 0 Å². The van der Waals surface area contributed by atoms with E-state index < -0.39 is 5.91 Å². The predicted molar refractivity (Wildman–Crippen MR) is 107 cm³/mol. The van der Waals surface area contributed by atoms with Gasteiger partial charge in [-0.1, -0.05) is 55.8 Å². The van der Waals surface area contributed by atoms with Gasteiger partial charge in [0.05, 0.1) is 11.8 Å². The van der Waals surface area contributed by atoms with Gasteiger partial charge in [0, 0.05) is 5.39 Å². The number of carbonyl (C=O) groups is 2. The van der Waals surface area contributed by atoms with Gasteiger partial charge in [-0.2, -0.15) is 5.10 Å². The SMILES string of the molecule is CCCCc1ccc(CC(=O)NNC(=O)c2n[nH]c(=O)c3ccccc23)cc1. The highest BCUT2D eigenvalue weighted by atomic mass is 16.2. The van der Waals surface area contributed by atoms with E-state index >= 15 is 0 Å². The van der Waals surface area contributed by atoms with Crippen molar-refractivity contribution in [2.75, 3.05) is 0 Å². The summed E-state index contributed by atoms with van der Waals surface area (Å²) in [6.45, 7) is 2.15. The number of hydrogen-bond donors (Lipinski definition) is 3. The summed E-state index contributed by atoms with van der Waals surface area (Å²) < 4.78 is 0. The van der Waals surface area contributed by atoms with E-state index in [1.807, 2.05) is 24.3 Å². The second kappa shape index (κ2) is 8.94. The summed E-state index contributed by atoms with van der Waals surface area (Å²) in [5.41, 5.74) is 6.50. The van der Waals surface area contributed by atoms with Gasteiger partial charge >= 0.3 is 0 Å². The van der Waals surface area contributed by atoms with Crippen molar-refractivity contribution in [3.8, 4) is 0 Å². The van der Waals surface area contributed by atoms with Crippen LogP contribution in [0.15, 0.2) is 53.3 Å². The molecule has 0 aliphatic carbocycles. The van der Waals surface area contributed by atoms with Gasteiger partial charge in [-0.3, -0.25) is 25.2 Å². The standard InChI is InChI=1S/C21H22N4O3/c1-2-3-6-14-9-11-15(12-10-14)13-18(26)22-25-21(28)19-16-7-4-5-8-17(16)20(27)24-23-19/h4-5,7-12H,2-3,6,13H2,1H3,(H,22,26)(H,24,27)(H,25,28). The molecule has 0 bridgehead atoms. The fourth-order valence-corrected chi connectivity index (χ4v) is 2.91. The molecule has 0 aliphatic heterocycles. The summed E-state index contributed by atoms with van der Waals surface area (Å²) in [5, 5.41) is 6.87. The highest BCUT2D eigenvalue weighted by molar-refractivity contribution is 6.05. The Labute approximate surface area is 162 Å². The first-order chi connectivity index (χ1) is 13.6. The van der Waals surface area contributed by atoms with Crippen LogP contribution in [0.1, 0.15) is 41.4 Å². The minimum absolute atomic E-state index is 0.0378. The van der Waals surface area contributed by atoms with E-state index in [-0.39, 0.29) is 23.6 Å². The number of nitrogens with zero attached hydrogens (tertiary/aromatic N) is 1. The zero-order valence-electron chi connectivity index (χ0n) is 15.6. The van der Waals surface area contributed by atoms with Crippen molar-refractivity contribution >= 4 is 22.6 Å². The normalized spacial score (nSPS) is 10.6. The quantitative estimate of drug-likeness (QED) is 0.572. The molecule has 0 saturated heterocycles. The van der Waals surface area contributed by atoms with Gasteiger partial charge in [-0.05, 0) is 30.0 Å². The van der Waals surface area contributed by atoms with Crippen molar-refractivity contribution in [3.63, 3.8) is 0 Å². The molecule has 3 aromatic rings. The molecule has 2 aromatic carbocycles. The monoisotopic (exact) mass is 378 g/mol. The first-order valence-electron chi connectivity index (χ1n) is 9.23. The van der Waals surface area contributed by atoms with E-state index in [0.717, 1.165) is 24.8 Å². The summed E-state index contributed by atoms with van der Waals surface area (Å²) >= 11 is 0. The van der Waals surface area contributed by atoms with E-state index in [4.69, 9.17) is 0 Å². The molecular formula is C21H22N4O3. The van der Waals surface area contributed by atoms with Gasteiger partial charge in [0.25, 0.3) is 11.5 Å². The number of fused-ring (bicyclic) bond motifs is 1. The molecular weight excluding hydrogens is 356 g/mol. The largest absolute Gasteiger partial charge is 0.290 e. The van der Waals surface area contributed by atoms with Crippen molar-refractivity contribution in [1.29, 1.82) is 0 Å². The number of amides is 2. The van der Waals surface area contributed by atoms with Crippen LogP contribution >= 0.6 is 0 Å². The number of benzene rings is 2. The van der Waals surface area contributed by atoms with Crippen LogP contribution < -0.4 is 16.4 Å². The molecule has 0 atom stereocenters. The maximum Gasteiger partial charge on any atom is 0.290 e. The summed E-state index contributed by atoms with van der Waals surface area (Å²) in [5.74, 6) is -0.945. The van der Waals surface area contributed by atoms with E-state index in [2.05, 4.69) is 28.0 Å². The van der Waals surface area contributed by atoms with Gasteiger partial charge in [-0.25, -0.2) is 5.10 Å². The first kappa shape index (κ1) is 19.3. The summed E-state index contributed by atoms with van der Waals surface area (Å²) in [6, 6.07) is 14.5. The highest BCUT2D eigenvalue weighted by Gasteiger charge is 2.14. The zero-order valence-corrected chi connectivity index (χ0v) is 15.6. The number of carbonyl (C=O) groups excluding carboxylic acids is 2. The van der Waals surface area contributed by atoms with Gasteiger partial charge < -0.3 is 0 Å².